The second kappa shape index (κ2) is 10.2. The lowest BCUT2D eigenvalue weighted by Crippen LogP contribution is -2.49. The molecule has 0 saturated carbocycles. The number of methoxy groups -OCH3 is 1. The Morgan fingerprint density at radius 2 is 1.81 bits per heavy atom. The van der Waals surface area contributed by atoms with Gasteiger partial charge in [-0.15, -0.1) is 0 Å². The van der Waals surface area contributed by atoms with Crippen molar-refractivity contribution in [1.82, 2.24) is 16.2 Å². The zero-order chi connectivity index (χ0) is 19.8. The smallest absolute Gasteiger partial charge is 0.276 e. The Bertz CT molecular complexity index is 864. The van der Waals surface area contributed by atoms with Crippen molar-refractivity contribution < 1.29 is 19.1 Å². The van der Waals surface area contributed by atoms with E-state index in [1.165, 1.54) is 7.11 Å². The molecule has 0 saturated heterocycles. The molecule has 0 fully saturated rings. The van der Waals surface area contributed by atoms with E-state index in [4.69, 9.17) is 21.7 Å². The fourth-order valence-corrected chi connectivity index (χ4v) is 3.24. The number of rotatable bonds is 5. The van der Waals surface area contributed by atoms with Crippen LogP contribution in [0.3, 0.4) is 0 Å². The van der Waals surface area contributed by atoms with Crippen LogP contribution in [-0.2, 0) is 4.79 Å². The summed E-state index contributed by atoms with van der Waals surface area (Å²) in [5, 5.41) is 2.38. The average Bonchev–Trinajstić information content (AvgIpc) is 2.65. The molecule has 0 aliphatic heterocycles. The summed E-state index contributed by atoms with van der Waals surface area (Å²) in [5.41, 5.74) is 5.10. The van der Waals surface area contributed by atoms with E-state index in [1.807, 2.05) is 0 Å². The van der Waals surface area contributed by atoms with E-state index in [1.54, 1.807) is 42.5 Å². The SMILES string of the molecule is COc1ccccc1C(=O)NC(=S)NNC(=O)COc1ccc(Br)cc1Br. The van der Waals surface area contributed by atoms with Gasteiger partial charge >= 0.3 is 0 Å². The van der Waals surface area contributed by atoms with Crippen molar-refractivity contribution in [3.63, 3.8) is 0 Å². The maximum atomic E-state index is 12.2. The van der Waals surface area contributed by atoms with Gasteiger partial charge in [-0.25, -0.2) is 0 Å². The van der Waals surface area contributed by atoms with E-state index >= 15 is 0 Å². The molecule has 3 N–H and O–H groups in total. The molecule has 0 radical (unpaired) electrons. The van der Waals surface area contributed by atoms with Crippen LogP contribution in [0.5, 0.6) is 11.5 Å². The average molecular weight is 517 g/mol. The molecule has 0 spiro atoms. The lowest BCUT2D eigenvalue weighted by molar-refractivity contribution is -0.123. The quantitative estimate of drug-likeness (QED) is 0.418. The molecule has 2 aromatic rings. The van der Waals surface area contributed by atoms with Crippen molar-refractivity contribution in [3.05, 3.63) is 57.0 Å². The number of benzene rings is 2. The van der Waals surface area contributed by atoms with E-state index in [-0.39, 0.29) is 11.7 Å². The molecule has 0 bridgehead atoms. The van der Waals surface area contributed by atoms with Crippen molar-refractivity contribution >= 4 is 61.0 Å². The molecule has 0 aliphatic rings. The number of hydrogen-bond donors (Lipinski definition) is 3. The Morgan fingerprint density at radius 1 is 1.07 bits per heavy atom. The van der Waals surface area contributed by atoms with Gasteiger partial charge in [-0.3, -0.25) is 25.8 Å². The monoisotopic (exact) mass is 515 g/mol. The number of amides is 2. The van der Waals surface area contributed by atoms with Gasteiger partial charge in [0.05, 0.1) is 17.1 Å². The zero-order valence-electron chi connectivity index (χ0n) is 14.0. The van der Waals surface area contributed by atoms with E-state index < -0.39 is 11.8 Å². The molecule has 0 heterocycles. The minimum atomic E-state index is -0.473. The molecule has 2 amide bonds. The zero-order valence-corrected chi connectivity index (χ0v) is 18.0. The molecule has 2 rings (SSSR count). The van der Waals surface area contributed by atoms with Gasteiger partial charge in [0, 0.05) is 4.47 Å². The lowest BCUT2D eigenvalue weighted by atomic mass is 10.2. The van der Waals surface area contributed by atoms with Crippen LogP contribution in [0.2, 0.25) is 0 Å². The largest absolute Gasteiger partial charge is 0.496 e. The van der Waals surface area contributed by atoms with Gasteiger partial charge in [0.25, 0.3) is 11.8 Å². The van der Waals surface area contributed by atoms with E-state index in [9.17, 15) is 9.59 Å². The maximum Gasteiger partial charge on any atom is 0.276 e. The van der Waals surface area contributed by atoms with Crippen molar-refractivity contribution in [2.75, 3.05) is 13.7 Å². The molecule has 0 aliphatic carbocycles. The van der Waals surface area contributed by atoms with Crippen LogP contribution < -0.4 is 25.6 Å². The maximum absolute atomic E-state index is 12.2. The van der Waals surface area contributed by atoms with Gasteiger partial charge in [0.2, 0.25) is 0 Å². The van der Waals surface area contributed by atoms with Gasteiger partial charge in [-0.1, -0.05) is 28.1 Å². The molecule has 10 heteroatoms. The molecule has 2 aromatic carbocycles. The summed E-state index contributed by atoms with van der Waals surface area (Å²) in [4.78, 5) is 24.0. The first-order valence-electron chi connectivity index (χ1n) is 7.51. The standard InChI is InChI=1S/C17H15Br2N3O4S/c1-25-13-5-3-2-4-11(13)16(24)20-17(27)22-21-15(23)9-26-14-7-6-10(18)8-12(14)19/h2-8H,9H2,1H3,(H,21,23)(H2,20,22,24,27). The van der Waals surface area contributed by atoms with Crippen LogP contribution >= 0.6 is 44.1 Å². The number of halogens is 2. The fraction of sp³-hybridized carbons (Fsp3) is 0.118. The normalized spacial score (nSPS) is 9.89. The van der Waals surface area contributed by atoms with E-state index in [2.05, 4.69) is 48.0 Å². The number of carbonyl (C=O) groups is 2. The first-order valence-corrected chi connectivity index (χ1v) is 9.51. The van der Waals surface area contributed by atoms with E-state index in [0.29, 0.717) is 21.5 Å². The molecule has 7 nitrogen and oxygen atoms in total. The highest BCUT2D eigenvalue weighted by molar-refractivity contribution is 9.11. The summed E-state index contributed by atoms with van der Waals surface area (Å²) >= 11 is 11.7. The highest BCUT2D eigenvalue weighted by Gasteiger charge is 2.13. The number of carbonyl (C=O) groups excluding carboxylic acids is 2. The topological polar surface area (TPSA) is 88.7 Å². The second-order valence-electron chi connectivity index (χ2n) is 5.02. The summed E-state index contributed by atoms with van der Waals surface area (Å²) in [6.45, 7) is -0.240. The van der Waals surface area contributed by atoms with Crippen LogP contribution in [-0.4, -0.2) is 30.6 Å². The third-order valence-corrected chi connectivity index (χ3v) is 4.46. The highest BCUT2D eigenvalue weighted by Crippen LogP contribution is 2.28. The van der Waals surface area contributed by atoms with Crippen LogP contribution in [0.25, 0.3) is 0 Å². The Morgan fingerprint density at radius 3 is 2.52 bits per heavy atom. The summed E-state index contributed by atoms with van der Waals surface area (Å²) in [6, 6.07) is 12.0. The minimum Gasteiger partial charge on any atom is -0.496 e. The number of para-hydroxylation sites is 1. The minimum absolute atomic E-state index is 0.0657. The van der Waals surface area contributed by atoms with Gasteiger partial charge < -0.3 is 9.47 Å². The lowest BCUT2D eigenvalue weighted by Gasteiger charge is -2.13. The predicted molar refractivity (Wildman–Crippen MR) is 112 cm³/mol. The molecule has 142 valence electrons. The molecular weight excluding hydrogens is 502 g/mol. The third kappa shape index (κ3) is 6.49. The Labute approximate surface area is 178 Å². The second-order valence-corrected chi connectivity index (χ2v) is 7.20. The summed E-state index contributed by atoms with van der Waals surface area (Å²) in [5.74, 6) is -0.0105. The van der Waals surface area contributed by atoms with Crippen LogP contribution in [0.1, 0.15) is 10.4 Å². The Balaban J connectivity index is 1.79. The number of nitrogens with one attached hydrogen (secondary N) is 3. The van der Waals surface area contributed by atoms with E-state index in [0.717, 1.165) is 4.47 Å². The first kappa shape index (κ1) is 21.1. The van der Waals surface area contributed by atoms with Crippen molar-refractivity contribution in [3.8, 4) is 11.5 Å². The summed E-state index contributed by atoms with van der Waals surface area (Å²) in [7, 11) is 1.46. The van der Waals surface area contributed by atoms with Crippen LogP contribution in [0.4, 0.5) is 0 Å². The number of thiocarbonyl (C=S) groups is 1. The molecule has 0 unspecified atom stereocenters. The third-order valence-electron chi connectivity index (χ3n) is 3.15. The van der Waals surface area contributed by atoms with Gasteiger partial charge in [-0.05, 0) is 58.5 Å². The van der Waals surface area contributed by atoms with Crippen LogP contribution in [0, 0.1) is 0 Å². The fourth-order valence-electron chi connectivity index (χ4n) is 1.93. The van der Waals surface area contributed by atoms with Gasteiger partial charge in [-0.2, -0.15) is 0 Å². The molecular formula is C17H15Br2N3O4S. The Hall–Kier alpha value is -2.17. The number of hydrazine groups is 1. The highest BCUT2D eigenvalue weighted by atomic mass is 79.9. The number of ether oxygens (including phenoxy) is 2. The molecule has 0 aromatic heterocycles. The van der Waals surface area contributed by atoms with Crippen molar-refractivity contribution in [2.24, 2.45) is 0 Å². The van der Waals surface area contributed by atoms with Crippen molar-refractivity contribution in [2.45, 2.75) is 0 Å². The molecule has 27 heavy (non-hydrogen) atoms. The predicted octanol–water partition coefficient (Wildman–Crippen LogP) is 2.93. The first-order chi connectivity index (χ1) is 12.9. The molecule has 0 atom stereocenters. The summed E-state index contributed by atoms with van der Waals surface area (Å²) < 4.78 is 12.1. The van der Waals surface area contributed by atoms with Gasteiger partial charge in [0.15, 0.2) is 11.7 Å². The Kier molecular flexibility index (Phi) is 8.01. The van der Waals surface area contributed by atoms with Crippen molar-refractivity contribution in [1.29, 1.82) is 0 Å². The summed E-state index contributed by atoms with van der Waals surface area (Å²) in [6.07, 6.45) is 0. The van der Waals surface area contributed by atoms with Gasteiger partial charge in [0.1, 0.15) is 11.5 Å². The van der Waals surface area contributed by atoms with Crippen LogP contribution in [0.15, 0.2) is 51.4 Å². The number of hydrogen-bond acceptors (Lipinski definition) is 5.